The first-order valence-electron chi connectivity index (χ1n) is 10.2. The van der Waals surface area contributed by atoms with Crippen LogP contribution in [0.5, 0.6) is 23.0 Å². The zero-order valence-electron chi connectivity index (χ0n) is 18.0. The Morgan fingerprint density at radius 1 is 1.00 bits per heavy atom. The average Bonchev–Trinajstić information content (AvgIpc) is 2.76. The second kappa shape index (κ2) is 8.86. The lowest BCUT2D eigenvalue weighted by atomic mass is 9.99. The fourth-order valence-electron chi connectivity index (χ4n) is 3.71. The topological polar surface area (TPSA) is 176 Å². The quantitative estimate of drug-likeness (QED) is 0.345. The van der Waals surface area contributed by atoms with Crippen LogP contribution in [0.4, 0.5) is 0 Å². The van der Waals surface area contributed by atoms with E-state index in [1.807, 2.05) is 0 Å². The molecule has 5 N–H and O–H groups in total. The number of aliphatic hydroxyl groups excluding tert-OH is 2. The summed E-state index contributed by atoms with van der Waals surface area (Å²) in [7, 11) is 0. The molecule has 180 valence electrons. The first kappa shape index (κ1) is 23.4. The molecule has 0 bridgehead atoms. The van der Waals surface area contributed by atoms with Gasteiger partial charge in [0.25, 0.3) is 0 Å². The molecule has 5 atom stereocenters. The molecule has 0 radical (unpaired) electrons. The van der Waals surface area contributed by atoms with Crippen molar-refractivity contribution in [3.8, 4) is 34.3 Å². The number of carbonyl (C=O) groups excluding carboxylic acids is 1. The zero-order valence-corrected chi connectivity index (χ0v) is 18.0. The molecule has 0 spiro atoms. The molecule has 4 rings (SSSR count). The Bertz CT molecular complexity index is 1280. The number of phenols is 3. The number of hydrogen-bond acceptors (Lipinski definition) is 11. The molecule has 0 unspecified atom stereocenters. The Hall–Kier alpha value is -3.80. The minimum atomic E-state index is -1.59. The Morgan fingerprint density at radius 3 is 2.32 bits per heavy atom. The van der Waals surface area contributed by atoms with Gasteiger partial charge in [0.1, 0.15) is 40.4 Å². The summed E-state index contributed by atoms with van der Waals surface area (Å²) in [6, 6.07) is 7.62. The molecule has 2 heterocycles. The number of hydrogen-bond donors (Lipinski definition) is 5. The standard InChI is InChI=1S/C23H22O11/c1-9-17(28)19(30)22(32-10(2)24)23(31-9)34-21-18(29)16-14(27)7-13(26)8-15(16)33-20(21)11-3-5-12(25)6-4-11/h3-9,17,19,22-23,25-28,30H,1-2H3/t9-,17-,19-,22+,23-/m0/s1. The van der Waals surface area contributed by atoms with Crippen molar-refractivity contribution in [1.82, 2.24) is 0 Å². The summed E-state index contributed by atoms with van der Waals surface area (Å²) in [5.41, 5.74) is -0.716. The first-order chi connectivity index (χ1) is 16.1. The van der Waals surface area contributed by atoms with Crippen molar-refractivity contribution in [3.05, 3.63) is 46.6 Å². The van der Waals surface area contributed by atoms with Crippen molar-refractivity contribution in [1.29, 1.82) is 0 Å². The molecule has 1 aliphatic heterocycles. The van der Waals surface area contributed by atoms with E-state index >= 15 is 0 Å². The summed E-state index contributed by atoms with van der Waals surface area (Å²) in [6.45, 7) is 2.54. The van der Waals surface area contributed by atoms with Crippen molar-refractivity contribution in [2.24, 2.45) is 0 Å². The van der Waals surface area contributed by atoms with Gasteiger partial charge in [-0.3, -0.25) is 9.59 Å². The van der Waals surface area contributed by atoms with Gasteiger partial charge in [-0.25, -0.2) is 0 Å². The van der Waals surface area contributed by atoms with E-state index < -0.39 is 53.6 Å². The predicted molar refractivity (Wildman–Crippen MR) is 115 cm³/mol. The summed E-state index contributed by atoms with van der Waals surface area (Å²) >= 11 is 0. The number of rotatable bonds is 4. The van der Waals surface area contributed by atoms with Gasteiger partial charge in [0, 0.05) is 24.6 Å². The van der Waals surface area contributed by atoms with E-state index in [1.165, 1.54) is 31.2 Å². The number of aliphatic hydroxyl groups is 2. The monoisotopic (exact) mass is 474 g/mol. The number of ether oxygens (including phenoxy) is 3. The first-order valence-corrected chi connectivity index (χ1v) is 10.2. The Morgan fingerprint density at radius 2 is 1.68 bits per heavy atom. The van der Waals surface area contributed by atoms with Gasteiger partial charge in [0.15, 0.2) is 11.9 Å². The van der Waals surface area contributed by atoms with E-state index in [4.69, 9.17) is 18.6 Å². The van der Waals surface area contributed by atoms with Crippen LogP contribution < -0.4 is 10.2 Å². The summed E-state index contributed by atoms with van der Waals surface area (Å²) in [4.78, 5) is 25.0. The minimum absolute atomic E-state index is 0.0545. The molecule has 2 aromatic carbocycles. The maximum Gasteiger partial charge on any atom is 0.303 e. The van der Waals surface area contributed by atoms with Gasteiger partial charge in [0.05, 0.1) is 6.10 Å². The highest BCUT2D eigenvalue weighted by Gasteiger charge is 2.47. The van der Waals surface area contributed by atoms with E-state index in [0.29, 0.717) is 0 Å². The highest BCUT2D eigenvalue weighted by atomic mass is 16.7. The molecule has 1 fully saturated rings. The summed E-state index contributed by atoms with van der Waals surface area (Å²) in [6.07, 6.45) is -6.98. The molecule has 11 heteroatoms. The number of benzene rings is 2. The normalized spacial score (nSPS) is 24.6. The third-order valence-electron chi connectivity index (χ3n) is 5.37. The van der Waals surface area contributed by atoms with Gasteiger partial charge in [-0.15, -0.1) is 0 Å². The molecule has 1 saturated heterocycles. The van der Waals surface area contributed by atoms with E-state index in [1.54, 1.807) is 0 Å². The minimum Gasteiger partial charge on any atom is -0.508 e. The molecular formula is C23H22O11. The third-order valence-corrected chi connectivity index (χ3v) is 5.37. The van der Waals surface area contributed by atoms with Crippen LogP contribution in [0.15, 0.2) is 45.6 Å². The Labute approximate surface area is 192 Å². The number of fused-ring (bicyclic) bond motifs is 1. The zero-order chi connectivity index (χ0) is 24.7. The van der Waals surface area contributed by atoms with Crippen LogP contribution in [0.2, 0.25) is 0 Å². The van der Waals surface area contributed by atoms with Crippen LogP contribution in [-0.4, -0.2) is 62.2 Å². The third kappa shape index (κ3) is 4.23. The van der Waals surface area contributed by atoms with Gasteiger partial charge in [-0.1, -0.05) is 0 Å². The second-order valence-corrected chi connectivity index (χ2v) is 7.86. The molecule has 3 aromatic rings. The molecule has 0 amide bonds. The van der Waals surface area contributed by atoms with Crippen molar-refractivity contribution in [2.45, 2.75) is 44.6 Å². The van der Waals surface area contributed by atoms with Gasteiger partial charge in [0.2, 0.25) is 17.5 Å². The number of esters is 1. The van der Waals surface area contributed by atoms with E-state index in [-0.39, 0.29) is 33.8 Å². The Kier molecular flexibility index (Phi) is 6.09. The number of carbonyl (C=O) groups is 1. The summed E-state index contributed by atoms with van der Waals surface area (Å²) < 4.78 is 22.2. The molecule has 34 heavy (non-hydrogen) atoms. The summed E-state index contributed by atoms with van der Waals surface area (Å²) in [5.74, 6) is -2.38. The van der Waals surface area contributed by atoms with Crippen LogP contribution in [0, 0.1) is 0 Å². The van der Waals surface area contributed by atoms with Crippen LogP contribution >= 0.6 is 0 Å². The maximum atomic E-state index is 13.4. The van der Waals surface area contributed by atoms with Gasteiger partial charge in [-0.2, -0.15) is 0 Å². The Balaban J connectivity index is 1.90. The molecule has 0 saturated carbocycles. The lowest BCUT2D eigenvalue weighted by Gasteiger charge is -2.40. The predicted octanol–water partition coefficient (Wildman–Crippen LogP) is 1.35. The largest absolute Gasteiger partial charge is 0.508 e. The highest BCUT2D eigenvalue weighted by molar-refractivity contribution is 5.88. The van der Waals surface area contributed by atoms with Crippen molar-refractivity contribution < 1.29 is 49.0 Å². The maximum absolute atomic E-state index is 13.4. The van der Waals surface area contributed by atoms with Crippen LogP contribution in [0.25, 0.3) is 22.3 Å². The SMILES string of the molecule is CC(=O)O[C@H]1[C@H](Oc2c(-c3ccc(O)cc3)oc3cc(O)cc(O)c3c2=O)O[C@@H](C)[C@H](O)[C@@H]1O. The summed E-state index contributed by atoms with van der Waals surface area (Å²) in [5, 5.41) is 50.0. The molecule has 0 aliphatic carbocycles. The van der Waals surface area contributed by atoms with Crippen LogP contribution in [0.3, 0.4) is 0 Å². The molecule has 1 aliphatic rings. The molecule has 11 nitrogen and oxygen atoms in total. The highest BCUT2D eigenvalue weighted by Crippen LogP contribution is 2.37. The smallest absolute Gasteiger partial charge is 0.303 e. The van der Waals surface area contributed by atoms with Crippen molar-refractivity contribution in [3.63, 3.8) is 0 Å². The number of phenolic OH excluding ortho intramolecular Hbond substituents is 3. The van der Waals surface area contributed by atoms with Crippen molar-refractivity contribution in [2.75, 3.05) is 0 Å². The fourth-order valence-corrected chi connectivity index (χ4v) is 3.71. The van der Waals surface area contributed by atoms with Gasteiger partial charge in [-0.05, 0) is 31.2 Å². The fraction of sp³-hybridized carbons (Fsp3) is 0.304. The van der Waals surface area contributed by atoms with E-state index in [2.05, 4.69) is 0 Å². The van der Waals surface area contributed by atoms with E-state index in [0.717, 1.165) is 19.1 Å². The van der Waals surface area contributed by atoms with Gasteiger partial charge >= 0.3 is 5.97 Å². The molecular weight excluding hydrogens is 452 g/mol. The lowest BCUT2D eigenvalue weighted by Crippen LogP contribution is -2.59. The number of aromatic hydroxyl groups is 3. The van der Waals surface area contributed by atoms with Crippen LogP contribution in [0.1, 0.15) is 13.8 Å². The van der Waals surface area contributed by atoms with Crippen LogP contribution in [-0.2, 0) is 14.3 Å². The molecule has 1 aromatic heterocycles. The second-order valence-electron chi connectivity index (χ2n) is 7.86. The van der Waals surface area contributed by atoms with Gasteiger partial charge < -0.3 is 44.2 Å². The average molecular weight is 474 g/mol. The van der Waals surface area contributed by atoms with Crippen molar-refractivity contribution >= 4 is 16.9 Å². The lowest BCUT2D eigenvalue weighted by molar-refractivity contribution is -0.273. The van der Waals surface area contributed by atoms with E-state index in [9.17, 15) is 35.1 Å².